The number of rotatable bonds is 1. The third-order valence-corrected chi connectivity index (χ3v) is 2.18. The molecule has 14 heavy (non-hydrogen) atoms. The van der Waals surface area contributed by atoms with Crippen LogP contribution in [0.2, 0.25) is 0 Å². The summed E-state index contributed by atoms with van der Waals surface area (Å²) in [6, 6.07) is 5.44. The van der Waals surface area contributed by atoms with E-state index < -0.39 is 0 Å². The zero-order valence-corrected chi connectivity index (χ0v) is 7.78. The van der Waals surface area contributed by atoms with Crippen molar-refractivity contribution in [2.45, 2.75) is 6.42 Å². The molecule has 1 aromatic rings. The van der Waals surface area contributed by atoms with Crippen molar-refractivity contribution in [3.8, 4) is 5.75 Å². The first-order valence-electron chi connectivity index (χ1n) is 4.25. The summed E-state index contributed by atoms with van der Waals surface area (Å²) in [6.07, 6.45) is 0.299. The Labute approximate surface area is 81.4 Å². The molecule has 0 atom stereocenters. The number of amides is 1. The van der Waals surface area contributed by atoms with Crippen LogP contribution in [0.1, 0.15) is 11.1 Å². The lowest BCUT2D eigenvalue weighted by atomic mass is 10.0. The van der Waals surface area contributed by atoms with Gasteiger partial charge in [0.05, 0.1) is 13.5 Å². The molecule has 0 aromatic heterocycles. The average molecular weight is 190 g/mol. The number of methoxy groups -OCH3 is 1. The highest BCUT2D eigenvalue weighted by Gasteiger charge is 2.17. The van der Waals surface area contributed by atoms with E-state index in [1.807, 2.05) is 12.1 Å². The predicted molar refractivity (Wildman–Crippen MR) is 52.4 cm³/mol. The molecule has 0 spiro atoms. The number of hydrogen-bond donors (Lipinski definition) is 1. The van der Waals surface area contributed by atoms with Gasteiger partial charge in [0, 0.05) is 5.56 Å². The number of nitrogens with two attached hydrogens (primary N) is 1. The van der Waals surface area contributed by atoms with Crippen molar-refractivity contribution in [1.29, 1.82) is 0 Å². The first kappa shape index (κ1) is 8.74. The lowest BCUT2D eigenvalue weighted by Gasteiger charge is -2.13. The Kier molecular flexibility index (Phi) is 1.96. The number of fused-ring (bicyclic) bond motifs is 1. The molecule has 1 aromatic carbocycles. The van der Waals surface area contributed by atoms with Crippen molar-refractivity contribution < 1.29 is 9.53 Å². The molecule has 0 saturated carbocycles. The van der Waals surface area contributed by atoms with Gasteiger partial charge in [-0.25, -0.2) is 0 Å². The summed E-state index contributed by atoms with van der Waals surface area (Å²) in [5, 5.41) is 0. The van der Waals surface area contributed by atoms with Crippen LogP contribution in [-0.4, -0.2) is 18.9 Å². The molecule has 0 unspecified atom stereocenters. The monoisotopic (exact) mass is 190 g/mol. The molecule has 72 valence electrons. The number of ether oxygens (including phenoxy) is 1. The van der Waals surface area contributed by atoms with Crippen molar-refractivity contribution in [2.75, 3.05) is 7.11 Å². The largest absolute Gasteiger partial charge is 0.497 e. The fourth-order valence-electron chi connectivity index (χ4n) is 1.49. The number of hydrogen-bond acceptors (Lipinski definition) is 3. The minimum atomic E-state index is -0.205. The first-order valence-corrected chi connectivity index (χ1v) is 4.25. The summed E-state index contributed by atoms with van der Waals surface area (Å²) in [5.74, 6) is 0.813. The molecule has 2 rings (SSSR count). The maximum Gasteiger partial charge on any atom is 0.252 e. The fourth-order valence-corrected chi connectivity index (χ4v) is 1.49. The van der Waals surface area contributed by atoms with E-state index in [-0.39, 0.29) is 5.91 Å². The third-order valence-electron chi connectivity index (χ3n) is 2.18. The van der Waals surface area contributed by atoms with Gasteiger partial charge in [-0.3, -0.25) is 4.79 Å². The van der Waals surface area contributed by atoms with Gasteiger partial charge in [-0.05, 0) is 23.8 Å². The molecule has 2 N–H and O–H groups in total. The molecule has 0 fully saturated rings. The zero-order valence-electron chi connectivity index (χ0n) is 7.78. The number of amidine groups is 1. The zero-order chi connectivity index (χ0) is 10.1. The third kappa shape index (κ3) is 1.35. The number of nitrogens with zero attached hydrogens (tertiary/aromatic N) is 1. The van der Waals surface area contributed by atoms with Crippen LogP contribution >= 0.6 is 0 Å². The second kappa shape index (κ2) is 3.14. The highest BCUT2D eigenvalue weighted by molar-refractivity contribution is 6.08. The Morgan fingerprint density at radius 2 is 2.29 bits per heavy atom. The Hall–Kier alpha value is -1.84. The molecule has 0 saturated heterocycles. The van der Waals surface area contributed by atoms with E-state index in [0.29, 0.717) is 12.3 Å². The summed E-state index contributed by atoms with van der Waals surface area (Å²) in [6.45, 7) is 0. The molecular weight excluding hydrogens is 180 g/mol. The highest BCUT2D eigenvalue weighted by Crippen LogP contribution is 2.20. The van der Waals surface area contributed by atoms with Gasteiger partial charge in [-0.15, -0.1) is 0 Å². The van der Waals surface area contributed by atoms with Gasteiger partial charge < -0.3 is 10.5 Å². The van der Waals surface area contributed by atoms with Crippen LogP contribution in [0, 0.1) is 0 Å². The first-order chi connectivity index (χ1) is 6.70. The topological polar surface area (TPSA) is 64.7 Å². The van der Waals surface area contributed by atoms with E-state index in [1.54, 1.807) is 13.2 Å². The Morgan fingerprint density at radius 1 is 1.50 bits per heavy atom. The quantitative estimate of drug-likeness (QED) is 0.700. The molecular formula is C10H10N2O2. The Balaban J connectivity index is 2.52. The maximum absolute atomic E-state index is 11.1. The van der Waals surface area contributed by atoms with Crippen LogP contribution in [0.25, 0.3) is 0 Å². The van der Waals surface area contributed by atoms with Gasteiger partial charge in [0.15, 0.2) is 0 Å². The van der Waals surface area contributed by atoms with Crippen molar-refractivity contribution in [3.05, 3.63) is 29.3 Å². The summed E-state index contributed by atoms with van der Waals surface area (Å²) >= 11 is 0. The van der Waals surface area contributed by atoms with E-state index in [1.165, 1.54) is 0 Å². The molecule has 0 bridgehead atoms. The number of benzene rings is 1. The van der Waals surface area contributed by atoms with Crippen molar-refractivity contribution in [2.24, 2.45) is 10.7 Å². The van der Waals surface area contributed by atoms with Crippen LogP contribution in [0.5, 0.6) is 5.75 Å². The lowest BCUT2D eigenvalue weighted by molar-refractivity contribution is -0.117. The van der Waals surface area contributed by atoms with E-state index in [2.05, 4.69) is 4.99 Å². The second-order valence-electron chi connectivity index (χ2n) is 3.09. The van der Waals surface area contributed by atoms with Gasteiger partial charge in [-0.1, -0.05) is 0 Å². The van der Waals surface area contributed by atoms with Gasteiger partial charge >= 0.3 is 0 Å². The summed E-state index contributed by atoms with van der Waals surface area (Å²) in [5.41, 5.74) is 7.32. The van der Waals surface area contributed by atoms with Gasteiger partial charge in [0.2, 0.25) is 0 Å². The molecule has 1 aliphatic rings. The fraction of sp³-hybridized carbons (Fsp3) is 0.200. The van der Waals surface area contributed by atoms with Crippen LogP contribution in [0.3, 0.4) is 0 Å². The van der Waals surface area contributed by atoms with Crippen LogP contribution in [0.15, 0.2) is 23.2 Å². The van der Waals surface area contributed by atoms with Crippen molar-refractivity contribution in [1.82, 2.24) is 0 Å². The molecule has 4 heteroatoms. The Morgan fingerprint density at radius 3 is 3.00 bits per heavy atom. The van der Waals surface area contributed by atoms with E-state index in [9.17, 15) is 4.79 Å². The van der Waals surface area contributed by atoms with Crippen LogP contribution < -0.4 is 10.5 Å². The predicted octanol–water partition coefficient (Wildman–Crippen LogP) is 0.483. The molecule has 0 aliphatic carbocycles. The second-order valence-corrected chi connectivity index (χ2v) is 3.09. The van der Waals surface area contributed by atoms with Gasteiger partial charge in [-0.2, -0.15) is 4.99 Å². The normalized spacial score (nSPS) is 14.6. The van der Waals surface area contributed by atoms with E-state index >= 15 is 0 Å². The summed E-state index contributed by atoms with van der Waals surface area (Å²) < 4.78 is 5.06. The van der Waals surface area contributed by atoms with Crippen LogP contribution in [0.4, 0.5) is 0 Å². The SMILES string of the molecule is COc1ccc2c(c1)CC(=O)N=C2N. The summed E-state index contributed by atoms with van der Waals surface area (Å²) in [7, 11) is 1.59. The smallest absolute Gasteiger partial charge is 0.252 e. The average Bonchev–Trinajstić information content (AvgIpc) is 2.16. The van der Waals surface area contributed by atoms with E-state index in [0.717, 1.165) is 16.9 Å². The number of carbonyl (C=O) groups is 1. The molecule has 1 amide bonds. The number of aliphatic imine (C=N–C) groups is 1. The Bertz CT molecular complexity index is 424. The van der Waals surface area contributed by atoms with Crippen LogP contribution in [-0.2, 0) is 11.2 Å². The van der Waals surface area contributed by atoms with Gasteiger partial charge in [0.25, 0.3) is 5.91 Å². The maximum atomic E-state index is 11.1. The van der Waals surface area contributed by atoms with Crippen molar-refractivity contribution in [3.63, 3.8) is 0 Å². The summed E-state index contributed by atoms with van der Waals surface area (Å²) in [4.78, 5) is 14.8. The standard InChI is InChI=1S/C10H10N2O2/c1-14-7-2-3-8-6(4-7)5-9(13)12-10(8)11/h2-4H,5H2,1H3,(H2,11,12,13). The molecule has 4 nitrogen and oxygen atoms in total. The number of carbonyl (C=O) groups excluding carboxylic acids is 1. The molecule has 1 aliphatic heterocycles. The molecule has 1 heterocycles. The van der Waals surface area contributed by atoms with E-state index in [4.69, 9.17) is 10.5 Å². The minimum Gasteiger partial charge on any atom is -0.497 e. The molecule has 0 radical (unpaired) electrons. The van der Waals surface area contributed by atoms with Crippen molar-refractivity contribution >= 4 is 11.7 Å². The minimum absolute atomic E-state index is 0.205. The lowest BCUT2D eigenvalue weighted by Crippen LogP contribution is -2.23. The van der Waals surface area contributed by atoms with Gasteiger partial charge in [0.1, 0.15) is 11.6 Å². The highest BCUT2D eigenvalue weighted by atomic mass is 16.5.